The molecule has 0 saturated carbocycles. The summed E-state index contributed by atoms with van der Waals surface area (Å²) < 4.78 is 2.21. The van der Waals surface area contributed by atoms with E-state index in [1.54, 1.807) is 0 Å². The van der Waals surface area contributed by atoms with Gasteiger partial charge in [-0.3, -0.25) is 10.4 Å². The first-order chi connectivity index (χ1) is 6.02. The predicted octanol–water partition coefficient (Wildman–Crippen LogP) is 1.21. The van der Waals surface area contributed by atoms with E-state index in [9.17, 15) is 0 Å². The Labute approximate surface area is 80.3 Å². The zero-order valence-corrected chi connectivity index (χ0v) is 9.18. The number of rotatable bonds is 3. The highest BCUT2D eigenvalue weighted by Gasteiger charge is 2.04. The van der Waals surface area contributed by atoms with E-state index in [0.29, 0.717) is 0 Å². The van der Waals surface area contributed by atoms with Gasteiger partial charge in [-0.05, 0) is 25.5 Å². The Hall–Kier alpha value is -0.800. The van der Waals surface area contributed by atoms with E-state index < -0.39 is 0 Å². The molecule has 13 heavy (non-hydrogen) atoms. The molecule has 1 aromatic rings. The smallest absolute Gasteiger partial charge is 0.0371 e. The Balaban J connectivity index is 2.72. The summed E-state index contributed by atoms with van der Waals surface area (Å²) >= 11 is 0. The summed E-state index contributed by atoms with van der Waals surface area (Å²) in [6.45, 7) is 5.19. The van der Waals surface area contributed by atoms with Gasteiger partial charge in [0, 0.05) is 39.1 Å². The minimum atomic E-state index is 0.903. The van der Waals surface area contributed by atoms with Crippen LogP contribution in [-0.4, -0.2) is 23.7 Å². The average molecular weight is 181 g/mol. The molecular weight excluding hydrogens is 162 g/mol. The van der Waals surface area contributed by atoms with E-state index in [4.69, 9.17) is 0 Å². The minimum absolute atomic E-state index is 0.903. The molecule has 0 aliphatic carbocycles. The molecule has 1 rings (SSSR count). The molecule has 0 atom stereocenters. The molecule has 1 aromatic heterocycles. The van der Waals surface area contributed by atoms with Crippen LogP contribution in [0.25, 0.3) is 0 Å². The van der Waals surface area contributed by atoms with Crippen molar-refractivity contribution in [3.8, 4) is 0 Å². The quantitative estimate of drug-likeness (QED) is 0.707. The molecular formula is C10H19N3. The molecule has 0 aliphatic rings. The maximum atomic E-state index is 3.26. The van der Waals surface area contributed by atoms with Crippen molar-refractivity contribution in [1.82, 2.24) is 15.0 Å². The molecule has 0 fully saturated rings. The lowest BCUT2D eigenvalue weighted by Crippen LogP contribution is -2.29. The van der Waals surface area contributed by atoms with Crippen LogP contribution in [0, 0.1) is 13.8 Å². The number of aryl methyl sites for hydroxylation is 1. The second kappa shape index (κ2) is 3.94. The topological polar surface area (TPSA) is 20.2 Å². The number of hydrazine groups is 1. The second-order valence-corrected chi connectivity index (χ2v) is 3.68. The van der Waals surface area contributed by atoms with Crippen molar-refractivity contribution >= 4 is 0 Å². The van der Waals surface area contributed by atoms with Crippen LogP contribution >= 0.6 is 0 Å². The van der Waals surface area contributed by atoms with Gasteiger partial charge in [-0.1, -0.05) is 0 Å². The van der Waals surface area contributed by atoms with Crippen LogP contribution in [0.5, 0.6) is 0 Å². The third-order valence-electron chi connectivity index (χ3n) is 2.47. The number of aromatic nitrogens is 1. The van der Waals surface area contributed by atoms with Crippen molar-refractivity contribution in [2.75, 3.05) is 14.1 Å². The highest BCUT2D eigenvalue weighted by molar-refractivity contribution is 5.25. The van der Waals surface area contributed by atoms with E-state index in [2.05, 4.69) is 37.0 Å². The summed E-state index contributed by atoms with van der Waals surface area (Å²) in [6, 6.07) is 2.23. The molecule has 74 valence electrons. The summed E-state index contributed by atoms with van der Waals surface area (Å²) in [7, 11) is 6.11. The van der Waals surface area contributed by atoms with Crippen molar-refractivity contribution in [3.63, 3.8) is 0 Å². The first kappa shape index (κ1) is 10.3. The van der Waals surface area contributed by atoms with Crippen LogP contribution in [0.3, 0.4) is 0 Å². The second-order valence-electron chi connectivity index (χ2n) is 3.68. The van der Waals surface area contributed by atoms with Gasteiger partial charge in [-0.25, -0.2) is 0 Å². The van der Waals surface area contributed by atoms with Gasteiger partial charge in [-0.2, -0.15) is 0 Å². The van der Waals surface area contributed by atoms with Crippen LogP contribution in [0.2, 0.25) is 0 Å². The lowest BCUT2D eigenvalue weighted by Gasteiger charge is -2.11. The van der Waals surface area contributed by atoms with Crippen LogP contribution in [-0.2, 0) is 13.6 Å². The molecule has 0 aliphatic heterocycles. The molecule has 3 heteroatoms. The summed E-state index contributed by atoms with van der Waals surface area (Å²) in [5.41, 5.74) is 7.29. The summed E-state index contributed by atoms with van der Waals surface area (Å²) in [5, 5.41) is 1.97. The fourth-order valence-corrected chi connectivity index (χ4v) is 1.36. The maximum Gasteiger partial charge on any atom is 0.0371 e. The highest BCUT2D eigenvalue weighted by Crippen LogP contribution is 2.12. The van der Waals surface area contributed by atoms with Gasteiger partial charge in [0.05, 0.1) is 0 Å². The van der Waals surface area contributed by atoms with Gasteiger partial charge < -0.3 is 4.57 Å². The zero-order chi connectivity index (χ0) is 10.0. The third-order valence-corrected chi connectivity index (χ3v) is 2.47. The number of hydrogen-bond donors (Lipinski definition) is 1. The van der Waals surface area contributed by atoms with Crippen molar-refractivity contribution in [2.24, 2.45) is 7.05 Å². The third kappa shape index (κ3) is 2.32. The normalized spacial score (nSPS) is 11.2. The SMILES string of the molecule is Cc1cc(CNN(C)C)c(C)n1C. The highest BCUT2D eigenvalue weighted by atomic mass is 15.5. The van der Waals surface area contributed by atoms with Gasteiger partial charge in [0.15, 0.2) is 0 Å². The van der Waals surface area contributed by atoms with Crippen molar-refractivity contribution in [2.45, 2.75) is 20.4 Å². The molecule has 3 nitrogen and oxygen atoms in total. The lowest BCUT2D eigenvalue weighted by atomic mass is 10.2. The van der Waals surface area contributed by atoms with Crippen LogP contribution in [0.15, 0.2) is 6.07 Å². The minimum Gasteiger partial charge on any atom is -0.352 e. The standard InChI is InChI=1S/C10H19N3/c1-8-6-10(7-11-12(3)4)9(2)13(8)5/h6,11H,7H2,1-5H3. The molecule has 0 amide bonds. The number of hydrogen-bond acceptors (Lipinski definition) is 2. The van der Waals surface area contributed by atoms with Crippen molar-refractivity contribution in [1.29, 1.82) is 0 Å². The fraction of sp³-hybridized carbons (Fsp3) is 0.600. The average Bonchev–Trinajstić information content (AvgIpc) is 2.29. The molecule has 0 unspecified atom stereocenters. The van der Waals surface area contributed by atoms with Crippen molar-refractivity contribution < 1.29 is 0 Å². The lowest BCUT2D eigenvalue weighted by molar-refractivity contribution is 0.285. The molecule has 1 heterocycles. The van der Waals surface area contributed by atoms with E-state index in [0.717, 1.165) is 6.54 Å². The van der Waals surface area contributed by atoms with Gasteiger partial charge in [0.1, 0.15) is 0 Å². The monoisotopic (exact) mass is 181 g/mol. The Bertz CT molecular complexity index is 287. The summed E-state index contributed by atoms with van der Waals surface area (Å²) in [6.07, 6.45) is 0. The van der Waals surface area contributed by atoms with Crippen LogP contribution < -0.4 is 5.43 Å². The first-order valence-corrected chi connectivity index (χ1v) is 4.55. The Kier molecular flexibility index (Phi) is 3.12. The molecule has 1 N–H and O–H groups in total. The molecule has 0 aromatic carbocycles. The summed E-state index contributed by atoms with van der Waals surface area (Å²) in [5.74, 6) is 0. The predicted molar refractivity (Wildman–Crippen MR) is 55.4 cm³/mol. The fourth-order valence-electron chi connectivity index (χ4n) is 1.36. The van der Waals surface area contributed by atoms with Gasteiger partial charge >= 0.3 is 0 Å². The molecule has 0 bridgehead atoms. The van der Waals surface area contributed by atoms with Gasteiger partial charge in [0.2, 0.25) is 0 Å². The largest absolute Gasteiger partial charge is 0.352 e. The van der Waals surface area contributed by atoms with Crippen molar-refractivity contribution in [3.05, 3.63) is 23.0 Å². The Morgan fingerprint density at radius 2 is 2.00 bits per heavy atom. The Morgan fingerprint density at radius 1 is 1.38 bits per heavy atom. The van der Waals surface area contributed by atoms with E-state index in [1.165, 1.54) is 17.0 Å². The van der Waals surface area contributed by atoms with E-state index in [-0.39, 0.29) is 0 Å². The van der Waals surface area contributed by atoms with Crippen LogP contribution in [0.1, 0.15) is 17.0 Å². The van der Waals surface area contributed by atoms with E-state index >= 15 is 0 Å². The molecule has 0 radical (unpaired) electrons. The maximum absolute atomic E-state index is 3.26. The number of nitrogens with zero attached hydrogens (tertiary/aromatic N) is 2. The van der Waals surface area contributed by atoms with E-state index in [1.807, 2.05) is 19.1 Å². The van der Waals surface area contributed by atoms with Crippen LogP contribution in [0.4, 0.5) is 0 Å². The van der Waals surface area contributed by atoms with Gasteiger partial charge in [0.25, 0.3) is 0 Å². The summed E-state index contributed by atoms with van der Waals surface area (Å²) in [4.78, 5) is 0. The Morgan fingerprint density at radius 3 is 2.38 bits per heavy atom. The molecule has 0 saturated heterocycles. The molecule has 0 spiro atoms. The number of nitrogens with one attached hydrogen (secondary N) is 1. The first-order valence-electron chi connectivity index (χ1n) is 4.55. The zero-order valence-electron chi connectivity index (χ0n) is 9.18. The van der Waals surface area contributed by atoms with Gasteiger partial charge in [-0.15, -0.1) is 0 Å².